The number of nitrogens with zero attached hydrogens (tertiary/aromatic N) is 2. The molecule has 1 rings (SSSR count). The molecule has 0 bridgehead atoms. The minimum Gasteiger partial charge on any atom is -0.392 e. The van der Waals surface area contributed by atoms with Crippen molar-refractivity contribution in [3.8, 4) is 0 Å². The van der Waals surface area contributed by atoms with Crippen LogP contribution in [0.1, 0.15) is 26.3 Å². The number of aliphatic hydroxyl groups is 1. The number of anilines is 1. The highest BCUT2D eigenvalue weighted by molar-refractivity contribution is 5.65. The van der Waals surface area contributed by atoms with Gasteiger partial charge in [-0.2, -0.15) is 0 Å². The van der Waals surface area contributed by atoms with E-state index in [-0.39, 0.29) is 17.8 Å². The predicted molar refractivity (Wildman–Crippen MR) is 76.3 cm³/mol. The number of nitro benzene ring substituents is 1. The molecule has 0 aromatic heterocycles. The van der Waals surface area contributed by atoms with Crippen LogP contribution >= 0.6 is 0 Å². The Kier molecular flexibility index (Phi) is 4.67. The molecule has 19 heavy (non-hydrogen) atoms. The lowest BCUT2D eigenvalue weighted by Gasteiger charge is -2.36. The Hall–Kier alpha value is -1.88. The van der Waals surface area contributed by atoms with Crippen molar-refractivity contribution in [2.45, 2.75) is 32.9 Å². The third kappa shape index (κ3) is 3.54. The molecule has 0 fully saturated rings. The lowest BCUT2D eigenvalue weighted by molar-refractivity contribution is -0.384. The maximum absolute atomic E-state index is 11.2. The summed E-state index contributed by atoms with van der Waals surface area (Å²) in [5, 5.41) is 20.3. The van der Waals surface area contributed by atoms with Gasteiger partial charge in [0.2, 0.25) is 0 Å². The van der Waals surface area contributed by atoms with Gasteiger partial charge in [-0.05, 0) is 32.4 Å². The molecule has 0 amide bonds. The summed E-state index contributed by atoms with van der Waals surface area (Å²) in [6.07, 6.45) is 1.72. The normalized spacial score (nSPS) is 11.2. The van der Waals surface area contributed by atoms with Gasteiger partial charge in [-0.25, -0.2) is 0 Å². The minimum atomic E-state index is -0.420. The van der Waals surface area contributed by atoms with Crippen molar-refractivity contribution in [2.24, 2.45) is 0 Å². The number of rotatable bonds is 5. The van der Waals surface area contributed by atoms with Crippen LogP contribution in [0.15, 0.2) is 30.9 Å². The standard InChI is InChI=1S/C14H20N2O3/c1-5-8-15(14(2,3)4)12-7-6-11(10-17)9-13(12)16(18)19/h5-7,9,17H,1,8,10H2,2-4H3. The van der Waals surface area contributed by atoms with Crippen LogP contribution in [0.25, 0.3) is 0 Å². The van der Waals surface area contributed by atoms with Crippen molar-refractivity contribution in [1.82, 2.24) is 0 Å². The maximum atomic E-state index is 11.2. The van der Waals surface area contributed by atoms with E-state index in [0.717, 1.165) is 0 Å². The second-order valence-corrected chi connectivity index (χ2v) is 5.31. The molecule has 0 saturated heterocycles. The fraction of sp³-hybridized carbons (Fsp3) is 0.429. The summed E-state index contributed by atoms with van der Waals surface area (Å²) >= 11 is 0. The first-order valence-electron chi connectivity index (χ1n) is 6.08. The number of benzene rings is 1. The number of hydrogen-bond acceptors (Lipinski definition) is 4. The van der Waals surface area contributed by atoms with Crippen molar-refractivity contribution in [3.63, 3.8) is 0 Å². The third-order valence-corrected chi connectivity index (χ3v) is 2.83. The molecule has 1 aromatic carbocycles. The molecule has 0 atom stereocenters. The first kappa shape index (κ1) is 15.2. The molecular weight excluding hydrogens is 244 g/mol. The topological polar surface area (TPSA) is 66.6 Å². The van der Waals surface area contributed by atoms with E-state index in [1.807, 2.05) is 25.7 Å². The SMILES string of the molecule is C=CCN(c1ccc(CO)cc1[N+](=O)[O-])C(C)(C)C. The third-order valence-electron chi connectivity index (χ3n) is 2.83. The second kappa shape index (κ2) is 5.84. The van der Waals surface area contributed by atoms with E-state index in [1.54, 1.807) is 18.2 Å². The van der Waals surface area contributed by atoms with Crippen LogP contribution in [0.5, 0.6) is 0 Å². The molecule has 1 N–H and O–H groups in total. The van der Waals surface area contributed by atoms with Gasteiger partial charge in [-0.3, -0.25) is 10.1 Å². The molecule has 0 unspecified atom stereocenters. The molecule has 0 heterocycles. The largest absolute Gasteiger partial charge is 0.392 e. The van der Waals surface area contributed by atoms with Gasteiger partial charge in [0.1, 0.15) is 5.69 Å². The van der Waals surface area contributed by atoms with E-state index >= 15 is 0 Å². The summed E-state index contributed by atoms with van der Waals surface area (Å²) in [5.74, 6) is 0. The Morgan fingerprint density at radius 3 is 2.53 bits per heavy atom. The Balaban J connectivity index is 3.37. The molecule has 104 valence electrons. The molecule has 0 aliphatic heterocycles. The zero-order valence-corrected chi connectivity index (χ0v) is 11.6. The summed E-state index contributed by atoms with van der Waals surface area (Å²) in [4.78, 5) is 12.7. The van der Waals surface area contributed by atoms with Gasteiger partial charge in [-0.15, -0.1) is 6.58 Å². The first-order valence-corrected chi connectivity index (χ1v) is 6.08. The Labute approximate surface area is 113 Å². The maximum Gasteiger partial charge on any atom is 0.292 e. The van der Waals surface area contributed by atoms with E-state index in [4.69, 9.17) is 5.11 Å². The summed E-state index contributed by atoms with van der Waals surface area (Å²) in [6, 6.07) is 4.79. The van der Waals surface area contributed by atoms with Crippen LogP contribution in [-0.2, 0) is 6.61 Å². The lowest BCUT2D eigenvalue weighted by Crippen LogP contribution is -2.42. The van der Waals surface area contributed by atoms with Crippen LogP contribution in [0.3, 0.4) is 0 Å². The number of hydrogen-bond donors (Lipinski definition) is 1. The second-order valence-electron chi connectivity index (χ2n) is 5.31. The minimum absolute atomic E-state index is 0.00308. The molecule has 0 spiro atoms. The molecule has 1 aromatic rings. The van der Waals surface area contributed by atoms with Gasteiger partial charge >= 0.3 is 0 Å². The van der Waals surface area contributed by atoms with Crippen LogP contribution in [-0.4, -0.2) is 22.1 Å². The lowest BCUT2D eigenvalue weighted by atomic mass is 10.0. The molecular formula is C14H20N2O3. The highest BCUT2D eigenvalue weighted by Crippen LogP contribution is 2.33. The van der Waals surface area contributed by atoms with Gasteiger partial charge in [0, 0.05) is 18.2 Å². The number of nitro groups is 1. The number of aliphatic hydroxyl groups excluding tert-OH is 1. The van der Waals surface area contributed by atoms with Crippen LogP contribution < -0.4 is 4.90 Å². The molecule has 0 aliphatic rings. The van der Waals surface area contributed by atoms with Crippen molar-refractivity contribution in [3.05, 3.63) is 46.5 Å². The van der Waals surface area contributed by atoms with Crippen molar-refractivity contribution >= 4 is 11.4 Å². The first-order chi connectivity index (χ1) is 8.81. The quantitative estimate of drug-likeness (QED) is 0.504. The van der Waals surface area contributed by atoms with Crippen LogP contribution in [0.2, 0.25) is 0 Å². The van der Waals surface area contributed by atoms with E-state index < -0.39 is 4.92 Å². The zero-order chi connectivity index (χ0) is 14.6. The van der Waals surface area contributed by atoms with E-state index in [0.29, 0.717) is 17.8 Å². The molecule has 0 saturated carbocycles. The highest BCUT2D eigenvalue weighted by Gasteiger charge is 2.27. The predicted octanol–water partition coefficient (Wildman–Crippen LogP) is 2.88. The summed E-state index contributed by atoms with van der Waals surface area (Å²) in [5.41, 5.74) is 0.806. The highest BCUT2D eigenvalue weighted by atomic mass is 16.6. The summed E-state index contributed by atoms with van der Waals surface area (Å²) in [6.45, 7) is 9.96. The average Bonchev–Trinajstić information content (AvgIpc) is 2.34. The van der Waals surface area contributed by atoms with Crippen molar-refractivity contribution in [2.75, 3.05) is 11.4 Å². The molecule has 5 heteroatoms. The van der Waals surface area contributed by atoms with Gasteiger partial charge < -0.3 is 10.0 Å². The molecule has 5 nitrogen and oxygen atoms in total. The van der Waals surface area contributed by atoms with E-state index in [2.05, 4.69) is 6.58 Å². The molecule has 0 radical (unpaired) electrons. The fourth-order valence-electron chi connectivity index (χ4n) is 1.90. The van der Waals surface area contributed by atoms with Gasteiger partial charge in [0.25, 0.3) is 5.69 Å². The molecule has 0 aliphatic carbocycles. The van der Waals surface area contributed by atoms with Gasteiger partial charge in [0.05, 0.1) is 11.5 Å². The zero-order valence-electron chi connectivity index (χ0n) is 11.6. The summed E-state index contributed by atoms with van der Waals surface area (Å²) < 4.78 is 0. The van der Waals surface area contributed by atoms with Gasteiger partial charge in [0.15, 0.2) is 0 Å². The van der Waals surface area contributed by atoms with E-state index in [1.165, 1.54) is 6.07 Å². The Bertz CT molecular complexity index is 478. The fourth-order valence-corrected chi connectivity index (χ4v) is 1.90. The average molecular weight is 264 g/mol. The Morgan fingerprint density at radius 1 is 1.47 bits per heavy atom. The monoisotopic (exact) mass is 264 g/mol. The van der Waals surface area contributed by atoms with Crippen LogP contribution in [0.4, 0.5) is 11.4 Å². The summed E-state index contributed by atoms with van der Waals surface area (Å²) in [7, 11) is 0. The Morgan fingerprint density at radius 2 is 2.11 bits per heavy atom. The van der Waals surface area contributed by atoms with Gasteiger partial charge in [-0.1, -0.05) is 12.1 Å². The van der Waals surface area contributed by atoms with Crippen molar-refractivity contribution < 1.29 is 10.0 Å². The smallest absolute Gasteiger partial charge is 0.292 e. The van der Waals surface area contributed by atoms with E-state index in [9.17, 15) is 10.1 Å². The van der Waals surface area contributed by atoms with Crippen LogP contribution in [0, 0.1) is 10.1 Å². The van der Waals surface area contributed by atoms with Crippen molar-refractivity contribution in [1.29, 1.82) is 0 Å².